The van der Waals surface area contributed by atoms with Crippen molar-refractivity contribution in [1.82, 2.24) is 0 Å². The van der Waals surface area contributed by atoms with Gasteiger partial charge in [-0.3, -0.25) is 4.79 Å². The van der Waals surface area contributed by atoms with E-state index in [1.54, 1.807) is 0 Å². The molecule has 0 saturated carbocycles. The maximum Gasteiger partial charge on any atom is 0.227 e. The number of rotatable bonds is 2. The topological polar surface area (TPSA) is 46.3 Å². The number of carbonyl (C=O) groups excluding carboxylic acids is 1. The van der Waals surface area contributed by atoms with Gasteiger partial charge in [-0.25, -0.2) is 0 Å². The van der Waals surface area contributed by atoms with Crippen LogP contribution in [0, 0.1) is 9.49 Å². The Morgan fingerprint density at radius 3 is 2.94 bits per heavy atom. The van der Waals surface area contributed by atoms with E-state index in [0.29, 0.717) is 18.9 Å². The summed E-state index contributed by atoms with van der Waals surface area (Å²) in [4.78, 5) is 13.7. The van der Waals surface area contributed by atoms with Crippen molar-refractivity contribution in [3.05, 3.63) is 26.2 Å². The zero-order valence-electron chi connectivity index (χ0n) is 8.62. The van der Waals surface area contributed by atoms with Crippen LogP contribution in [0.25, 0.3) is 0 Å². The minimum Gasteiger partial charge on any atom is -0.330 e. The molecule has 1 amide bonds. The Kier molecular flexibility index (Phi) is 3.86. The Morgan fingerprint density at radius 1 is 1.56 bits per heavy atom. The number of hydrogen-bond acceptors (Lipinski definition) is 2. The van der Waals surface area contributed by atoms with Crippen molar-refractivity contribution in [2.24, 2.45) is 11.7 Å². The van der Waals surface area contributed by atoms with Crippen LogP contribution in [0.4, 0.5) is 5.69 Å². The third-order valence-electron chi connectivity index (χ3n) is 2.74. The second-order valence-electron chi connectivity index (χ2n) is 3.91. The summed E-state index contributed by atoms with van der Waals surface area (Å²) in [6.07, 6.45) is 0.569. The van der Waals surface area contributed by atoms with E-state index >= 15 is 0 Å². The van der Waals surface area contributed by atoms with Gasteiger partial charge in [0.05, 0.1) is 5.69 Å². The van der Waals surface area contributed by atoms with E-state index < -0.39 is 0 Å². The molecule has 0 aliphatic carbocycles. The smallest absolute Gasteiger partial charge is 0.227 e. The molecule has 1 fully saturated rings. The molecule has 0 spiro atoms. The molecule has 1 aliphatic heterocycles. The fourth-order valence-corrected chi connectivity index (χ4v) is 2.84. The van der Waals surface area contributed by atoms with Crippen molar-refractivity contribution >= 4 is 50.1 Å². The first kappa shape index (κ1) is 12.3. The summed E-state index contributed by atoms with van der Waals surface area (Å²) in [7, 11) is 0. The molecule has 1 saturated heterocycles. The van der Waals surface area contributed by atoms with Gasteiger partial charge in [-0.2, -0.15) is 0 Å². The van der Waals surface area contributed by atoms with Crippen LogP contribution in [0.3, 0.4) is 0 Å². The van der Waals surface area contributed by atoms with E-state index in [1.165, 1.54) is 0 Å². The molecule has 1 heterocycles. The first-order valence-corrected chi connectivity index (χ1v) is 6.94. The summed E-state index contributed by atoms with van der Waals surface area (Å²) in [5.74, 6) is 0.466. The Hall–Kier alpha value is -0.140. The van der Waals surface area contributed by atoms with Crippen molar-refractivity contribution in [3.63, 3.8) is 0 Å². The molecule has 0 radical (unpaired) electrons. The molecular weight excluding hydrogens is 383 g/mol. The van der Waals surface area contributed by atoms with Crippen LogP contribution in [-0.2, 0) is 4.79 Å². The minimum atomic E-state index is 0.173. The average Bonchev–Trinajstić information content (AvgIpc) is 2.63. The van der Waals surface area contributed by atoms with Crippen molar-refractivity contribution in [2.45, 2.75) is 6.42 Å². The maximum absolute atomic E-state index is 11.9. The lowest BCUT2D eigenvalue weighted by Crippen LogP contribution is -2.26. The zero-order chi connectivity index (χ0) is 11.7. The molecule has 0 bridgehead atoms. The molecule has 1 aromatic carbocycles. The predicted molar refractivity (Wildman–Crippen MR) is 76.4 cm³/mol. The minimum absolute atomic E-state index is 0.173. The average molecular weight is 395 g/mol. The molecule has 16 heavy (non-hydrogen) atoms. The number of amides is 1. The highest BCUT2D eigenvalue weighted by atomic mass is 127. The van der Waals surface area contributed by atoms with E-state index in [4.69, 9.17) is 5.73 Å². The van der Waals surface area contributed by atoms with Crippen molar-refractivity contribution in [2.75, 3.05) is 18.0 Å². The predicted octanol–water partition coefficient (Wildman–Crippen LogP) is 2.37. The Morgan fingerprint density at radius 2 is 2.31 bits per heavy atom. The van der Waals surface area contributed by atoms with Crippen molar-refractivity contribution in [1.29, 1.82) is 0 Å². The monoisotopic (exact) mass is 394 g/mol. The van der Waals surface area contributed by atoms with Gasteiger partial charge in [0.2, 0.25) is 5.91 Å². The van der Waals surface area contributed by atoms with E-state index in [1.807, 2.05) is 23.1 Å². The summed E-state index contributed by atoms with van der Waals surface area (Å²) in [5, 5.41) is 0. The summed E-state index contributed by atoms with van der Waals surface area (Å²) < 4.78 is 2.08. The molecule has 1 atom stereocenters. The lowest BCUT2D eigenvalue weighted by atomic mass is 10.1. The van der Waals surface area contributed by atoms with Gasteiger partial charge in [-0.05, 0) is 53.3 Å². The molecule has 1 aliphatic rings. The summed E-state index contributed by atoms with van der Waals surface area (Å²) in [6.45, 7) is 1.31. The fraction of sp³-hybridized carbons (Fsp3) is 0.364. The summed E-state index contributed by atoms with van der Waals surface area (Å²) in [5.41, 5.74) is 6.60. The SMILES string of the molecule is NCC1CC(=O)N(c2cc(Br)ccc2I)C1. The number of nitrogens with zero attached hydrogens (tertiary/aromatic N) is 1. The van der Waals surface area contributed by atoms with E-state index in [0.717, 1.165) is 20.3 Å². The third-order valence-corrected chi connectivity index (χ3v) is 4.14. The highest BCUT2D eigenvalue weighted by Gasteiger charge is 2.30. The first-order chi connectivity index (χ1) is 7.61. The van der Waals surface area contributed by atoms with E-state index in [2.05, 4.69) is 38.5 Å². The van der Waals surface area contributed by atoms with Crippen molar-refractivity contribution < 1.29 is 4.79 Å². The van der Waals surface area contributed by atoms with Gasteiger partial charge in [-0.15, -0.1) is 0 Å². The molecule has 86 valence electrons. The molecule has 3 nitrogen and oxygen atoms in total. The molecule has 2 rings (SSSR count). The second kappa shape index (κ2) is 5.01. The molecular formula is C11H12BrIN2O. The number of nitrogens with two attached hydrogens (primary N) is 1. The van der Waals surface area contributed by atoms with Crippen LogP contribution in [-0.4, -0.2) is 19.0 Å². The Bertz CT molecular complexity index is 424. The third kappa shape index (κ3) is 2.41. The van der Waals surface area contributed by atoms with Crippen LogP contribution >= 0.6 is 38.5 Å². The highest BCUT2D eigenvalue weighted by Crippen LogP contribution is 2.31. The normalized spacial score (nSPS) is 20.6. The number of benzene rings is 1. The standard InChI is InChI=1S/C11H12BrIN2O/c12-8-1-2-9(13)10(4-8)15-6-7(5-14)3-11(15)16/h1-2,4,7H,3,5-6,14H2. The Labute approximate surface area is 117 Å². The van der Waals surface area contributed by atoms with Gasteiger partial charge in [0.25, 0.3) is 0 Å². The summed E-state index contributed by atoms with van der Waals surface area (Å²) >= 11 is 5.68. The van der Waals surface area contributed by atoms with E-state index in [9.17, 15) is 4.79 Å². The van der Waals surface area contributed by atoms with Crippen LogP contribution in [0.2, 0.25) is 0 Å². The first-order valence-electron chi connectivity index (χ1n) is 5.07. The lowest BCUT2D eigenvalue weighted by Gasteiger charge is -2.18. The highest BCUT2D eigenvalue weighted by molar-refractivity contribution is 14.1. The lowest BCUT2D eigenvalue weighted by molar-refractivity contribution is -0.117. The van der Waals surface area contributed by atoms with E-state index in [-0.39, 0.29) is 5.91 Å². The van der Waals surface area contributed by atoms with Crippen molar-refractivity contribution in [3.8, 4) is 0 Å². The number of carbonyl (C=O) groups is 1. The molecule has 5 heteroatoms. The van der Waals surface area contributed by atoms with Crippen LogP contribution in [0.15, 0.2) is 22.7 Å². The van der Waals surface area contributed by atoms with Gasteiger partial charge in [0.1, 0.15) is 0 Å². The Balaban J connectivity index is 2.30. The fourth-order valence-electron chi connectivity index (χ4n) is 1.86. The van der Waals surface area contributed by atoms with Gasteiger partial charge in [-0.1, -0.05) is 15.9 Å². The van der Waals surface area contributed by atoms with Gasteiger partial charge >= 0.3 is 0 Å². The zero-order valence-corrected chi connectivity index (χ0v) is 12.4. The maximum atomic E-state index is 11.9. The molecule has 0 aromatic heterocycles. The molecule has 1 aromatic rings. The molecule has 2 N–H and O–H groups in total. The quantitative estimate of drug-likeness (QED) is 0.782. The van der Waals surface area contributed by atoms with Crippen LogP contribution in [0.1, 0.15) is 6.42 Å². The number of halogens is 2. The van der Waals surface area contributed by atoms with Gasteiger partial charge in [0.15, 0.2) is 0 Å². The van der Waals surface area contributed by atoms with Crippen LogP contribution in [0.5, 0.6) is 0 Å². The largest absolute Gasteiger partial charge is 0.330 e. The number of anilines is 1. The van der Waals surface area contributed by atoms with Gasteiger partial charge < -0.3 is 10.6 Å². The number of hydrogen-bond donors (Lipinski definition) is 1. The van der Waals surface area contributed by atoms with Gasteiger partial charge in [0, 0.05) is 21.0 Å². The van der Waals surface area contributed by atoms with Crippen LogP contribution < -0.4 is 10.6 Å². The summed E-state index contributed by atoms with van der Waals surface area (Å²) in [6, 6.07) is 5.97. The molecule has 1 unspecified atom stereocenters. The second-order valence-corrected chi connectivity index (χ2v) is 5.98.